The Bertz CT molecular complexity index is 879. The van der Waals surface area contributed by atoms with Gasteiger partial charge in [0.1, 0.15) is 11.4 Å². The summed E-state index contributed by atoms with van der Waals surface area (Å²) in [5, 5.41) is 12.7. The molecule has 2 aliphatic heterocycles. The van der Waals surface area contributed by atoms with E-state index in [0.29, 0.717) is 19.0 Å². The third-order valence-electron chi connectivity index (χ3n) is 5.75. The number of aliphatic hydroxyl groups is 1. The standard InChI is InChI=1S/C23H27NO4S/c1-29-15-22(26)24-20-13-23(7-9-27-10-8-23)28-21-6-5-18(12-19(20)21)17-4-2-3-16(11-17)14-25/h2-6,11-12,20,25H,7-10,13-15H2,1H3,(H,24,26). The molecule has 1 atom stereocenters. The molecule has 0 aliphatic carbocycles. The molecular formula is C23H27NO4S. The van der Waals surface area contributed by atoms with Crippen molar-refractivity contribution < 1.29 is 19.4 Å². The number of carbonyl (C=O) groups excluding carboxylic acids is 1. The second-order valence-electron chi connectivity index (χ2n) is 7.77. The van der Waals surface area contributed by atoms with Gasteiger partial charge in [-0.2, -0.15) is 11.8 Å². The fourth-order valence-corrected chi connectivity index (χ4v) is 4.59. The van der Waals surface area contributed by atoms with Gasteiger partial charge in [0.2, 0.25) is 5.91 Å². The maximum Gasteiger partial charge on any atom is 0.230 e. The Morgan fingerprint density at radius 3 is 2.76 bits per heavy atom. The van der Waals surface area contributed by atoms with Gasteiger partial charge >= 0.3 is 0 Å². The Balaban J connectivity index is 1.69. The van der Waals surface area contributed by atoms with Crippen molar-refractivity contribution in [3.05, 3.63) is 53.6 Å². The maximum absolute atomic E-state index is 12.4. The summed E-state index contributed by atoms with van der Waals surface area (Å²) in [4.78, 5) is 12.4. The van der Waals surface area contributed by atoms with Crippen LogP contribution in [-0.4, -0.2) is 41.8 Å². The molecule has 1 amide bonds. The highest BCUT2D eigenvalue weighted by Crippen LogP contribution is 2.45. The summed E-state index contributed by atoms with van der Waals surface area (Å²) in [6.07, 6.45) is 4.36. The molecule has 1 fully saturated rings. The van der Waals surface area contributed by atoms with E-state index in [9.17, 15) is 9.90 Å². The van der Waals surface area contributed by atoms with Crippen LogP contribution >= 0.6 is 11.8 Å². The predicted octanol–water partition coefficient (Wildman–Crippen LogP) is 3.70. The van der Waals surface area contributed by atoms with E-state index in [-0.39, 0.29) is 24.2 Å². The summed E-state index contributed by atoms with van der Waals surface area (Å²) in [5.74, 6) is 1.33. The Morgan fingerprint density at radius 2 is 2.00 bits per heavy atom. The zero-order chi connectivity index (χ0) is 20.3. The summed E-state index contributed by atoms with van der Waals surface area (Å²) in [6, 6.07) is 14.0. The van der Waals surface area contributed by atoms with Gasteiger partial charge < -0.3 is 19.9 Å². The van der Waals surface area contributed by atoms with E-state index >= 15 is 0 Å². The van der Waals surface area contributed by atoms with E-state index in [4.69, 9.17) is 9.47 Å². The first-order chi connectivity index (χ1) is 14.1. The summed E-state index contributed by atoms with van der Waals surface area (Å²) in [5.41, 5.74) is 3.71. The van der Waals surface area contributed by atoms with Crippen molar-refractivity contribution in [2.24, 2.45) is 0 Å². The molecular weight excluding hydrogens is 386 g/mol. The summed E-state index contributed by atoms with van der Waals surface area (Å²) < 4.78 is 12.0. The highest BCUT2D eigenvalue weighted by Gasteiger charge is 2.42. The molecule has 6 heteroatoms. The van der Waals surface area contributed by atoms with E-state index < -0.39 is 0 Å². The number of fused-ring (bicyclic) bond motifs is 1. The molecule has 5 nitrogen and oxygen atoms in total. The fraction of sp³-hybridized carbons (Fsp3) is 0.435. The monoisotopic (exact) mass is 413 g/mol. The van der Waals surface area contributed by atoms with Crippen LogP contribution in [0, 0.1) is 0 Å². The van der Waals surface area contributed by atoms with Crippen molar-refractivity contribution in [2.75, 3.05) is 25.2 Å². The van der Waals surface area contributed by atoms with Gasteiger partial charge in [0, 0.05) is 24.8 Å². The van der Waals surface area contributed by atoms with Crippen LogP contribution in [0.3, 0.4) is 0 Å². The van der Waals surface area contributed by atoms with Crippen LogP contribution in [0.2, 0.25) is 0 Å². The molecule has 2 aliphatic rings. The summed E-state index contributed by atoms with van der Waals surface area (Å²) in [6.45, 7) is 1.39. The third kappa shape index (κ3) is 4.44. The topological polar surface area (TPSA) is 67.8 Å². The first-order valence-corrected chi connectivity index (χ1v) is 11.4. The second kappa shape index (κ2) is 8.78. The number of aliphatic hydroxyl groups excluding tert-OH is 1. The Labute approximate surface area is 175 Å². The fourth-order valence-electron chi connectivity index (χ4n) is 4.24. The summed E-state index contributed by atoms with van der Waals surface area (Å²) in [7, 11) is 0. The molecule has 4 rings (SSSR count). The van der Waals surface area contributed by atoms with Crippen LogP contribution in [0.4, 0.5) is 0 Å². The van der Waals surface area contributed by atoms with Crippen LogP contribution in [0.5, 0.6) is 5.75 Å². The third-order valence-corrected chi connectivity index (χ3v) is 6.30. The van der Waals surface area contributed by atoms with Gasteiger partial charge in [-0.1, -0.05) is 24.3 Å². The molecule has 1 spiro atoms. The van der Waals surface area contributed by atoms with E-state index in [1.807, 2.05) is 36.6 Å². The van der Waals surface area contributed by atoms with Crippen molar-refractivity contribution in [3.8, 4) is 16.9 Å². The summed E-state index contributed by atoms with van der Waals surface area (Å²) >= 11 is 1.52. The first-order valence-electron chi connectivity index (χ1n) is 10.0. The SMILES string of the molecule is CSCC(=O)NC1CC2(CCOCC2)Oc2ccc(-c3cccc(CO)c3)cc21. The number of hydrogen-bond acceptors (Lipinski definition) is 5. The minimum absolute atomic E-state index is 0.0137. The number of hydrogen-bond donors (Lipinski definition) is 2. The molecule has 2 N–H and O–H groups in total. The van der Waals surface area contributed by atoms with Crippen molar-refractivity contribution in [2.45, 2.75) is 37.5 Å². The minimum Gasteiger partial charge on any atom is -0.487 e. The molecule has 2 aromatic carbocycles. The zero-order valence-corrected chi connectivity index (χ0v) is 17.5. The van der Waals surface area contributed by atoms with Gasteiger partial charge in [-0.3, -0.25) is 4.79 Å². The Hall–Kier alpha value is -2.02. The Kier molecular flexibility index (Phi) is 6.13. The molecule has 0 bridgehead atoms. The molecule has 2 aromatic rings. The van der Waals surface area contributed by atoms with Gasteiger partial charge in [0.05, 0.1) is 31.6 Å². The molecule has 0 saturated carbocycles. The number of amides is 1. The van der Waals surface area contributed by atoms with Gasteiger partial charge in [-0.15, -0.1) is 0 Å². The molecule has 0 radical (unpaired) electrons. The quantitative estimate of drug-likeness (QED) is 0.782. The van der Waals surface area contributed by atoms with Gasteiger partial charge in [-0.25, -0.2) is 0 Å². The lowest BCUT2D eigenvalue weighted by molar-refractivity contribution is -0.120. The van der Waals surface area contributed by atoms with E-state index in [1.165, 1.54) is 11.8 Å². The molecule has 0 aromatic heterocycles. The largest absolute Gasteiger partial charge is 0.487 e. The van der Waals surface area contributed by atoms with Crippen LogP contribution in [0.15, 0.2) is 42.5 Å². The molecule has 1 saturated heterocycles. The average Bonchev–Trinajstić information content (AvgIpc) is 2.74. The van der Waals surface area contributed by atoms with E-state index in [2.05, 4.69) is 17.4 Å². The zero-order valence-electron chi connectivity index (χ0n) is 16.6. The number of thioether (sulfide) groups is 1. The van der Waals surface area contributed by atoms with Gasteiger partial charge in [0.15, 0.2) is 0 Å². The van der Waals surface area contributed by atoms with Crippen molar-refractivity contribution in [1.82, 2.24) is 5.32 Å². The molecule has 29 heavy (non-hydrogen) atoms. The number of carbonyl (C=O) groups is 1. The van der Waals surface area contributed by atoms with Crippen LogP contribution in [0.25, 0.3) is 11.1 Å². The van der Waals surface area contributed by atoms with Crippen molar-refractivity contribution in [1.29, 1.82) is 0 Å². The number of benzene rings is 2. The molecule has 154 valence electrons. The average molecular weight is 414 g/mol. The number of rotatable bonds is 5. The van der Waals surface area contributed by atoms with E-state index in [0.717, 1.165) is 47.3 Å². The number of nitrogens with one attached hydrogen (secondary N) is 1. The lowest BCUT2D eigenvalue weighted by Gasteiger charge is -2.44. The minimum atomic E-state index is -0.277. The smallest absolute Gasteiger partial charge is 0.230 e. The first kappa shape index (κ1) is 20.3. The van der Waals surface area contributed by atoms with Crippen LogP contribution in [0.1, 0.15) is 36.4 Å². The van der Waals surface area contributed by atoms with Gasteiger partial charge in [-0.05, 0) is 41.1 Å². The lowest BCUT2D eigenvalue weighted by atomic mass is 9.81. The lowest BCUT2D eigenvalue weighted by Crippen LogP contribution is -2.48. The number of ether oxygens (including phenoxy) is 2. The molecule has 1 unspecified atom stereocenters. The highest BCUT2D eigenvalue weighted by atomic mass is 32.2. The second-order valence-corrected chi connectivity index (χ2v) is 8.63. The van der Waals surface area contributed by atoms with Crippen LogP contribution in [-0.2, 0) is 16.1 Å². The molecule has 2 heterocycles. The van der Waals surface area contributed by atoms with E-state index in [1.54, 1.807) is 0 Å². The maximum atomic E-state index is 12.4. The van der Waals surface area contributed by atoms with Crippen molar-refractivity contribution in [3.63, 3.8) is 0 Å². The van der Waals surface area contributed by atoms with Gasteiger partial charge in [0.25, 0.3) is 0 Å². The predicted molar refractivity (Wildman–Crippen MR) is 115 cm³/mol. The highest BCUT2D eigenvalue weighted by molar-refractivity contribution is 7.99. The van der Waals surface area contributed by atoms with Crippen molar-refractivity contribution >= 4 is 17.7 Å². The van der Waals surface area contributed by atoms with Crippen LogP contribution < -0.4 is 10.1 Å². The normalized spacial score (nSPS) is 20.0. The Morgan fingerprint density at radius 1 is 1.21 bits per heavy atom.